The Labute approximate surface area is 225 Å². The van der Waals surface area contributed by atoms with Crippen molar-refractivity contribution in [3.05, 3.63) is 48.2 Å². The first-order valence-electron chi connectivity index (χ1n) is 12.9. The third kappa shape index (κ3) is 5.93. The molecule has 2 saturated heterocycles. The molecule has 12 heteroatoms. The van der Waals surface area contributed by atoms with Crippen LogP contribution in [0.4, 0.5) is 16.6 Å². The zero-order valence-corrected chi connectivity index (χ0v) is 22.4. The molecule has 6 heterocycles. The molecule has 0 radical (unpaired) electrons. The van der Waals surface area contributed by atoms with Gasteiger partial charge in [-0.3, -0.25) is 9.36 Å². The summed E-state index contributed by atoms with van der Waals surface area (Å²) in [5.74, 6) is 1.71. The van der Waals surface area contributed by atoms with Crippen LogP contribution >= 0.6 is 11.3 Å². The lowest BCUT2D eigenvalue weighted by Crippen LogP contribution is -2.36. The molecular weight excluding hydrogens is 502 g/mol. The van der Waals surface area contributed by atoms with E-state index in [1.165, 1.54) is 19.3 Å². The van der Waals surface area contributed by atoms with Crippen LogP contribution in [0.1, 0.15) is 35.4 Å². The number of nitrogens with two attached hydrogens (primary N) is 1. The molecule has 11 nitrogen and oxygen atoms in total. The molecule has 0 aromatic carbocycles. The van der Waals surface area contributed by atoms with Crippen LogP contribution in [-0.4, -0.2) is 77.2 Å². The Morgan fingerprint density at radius 3 is 2.61 bits per heavy atom. The highest BCUT2D eigenvalue weighted by Gasteiger charge is 2.20. The molecule has 2 aliphatic rings. The van der Waals surface area contributed by atoms with Crippen molar-refractivity contribution >= 4 is 44.6 Å². The number of hydrogen-bond donors (Lipinski definition) is 2. The summed E-state index contributed by atoms with van der Waals surface area (Å²) in [5, 5.41) is 4.38. The first kappa shape index (κ1) is 26.0. The van der Waals surface area contributed by atoms with Crippen molar-refractivity contribution in [3.63, 3.8) is 0 Å². The van der Waals surface area contributed by atoms with Crippen molar-refractivity contribution in [2.45, 2.75) is 25.8 Å². The predicted octanol–water partition coefficient (Wildman–Crippen LogP) is 3.10. The highest BCUT2D eigenvalue weighted by molar-refractivity contribution is 7.22. The molecule has 0 saturated carbocycles. The number of rotatable bonds is 6. The maximum atomic E-state index is 10.5. The van der Waals surface area contributed by atoms with Gasteiger partial charge in [-0.15, -0.1) is 0 Å². The van der Waals surface area contributed by atoms with Gasteiger partial charge < -0.3 is 25.6 Å². The number of morpholine rings is 1. The van der Waals surface area contributed by atoms with Crippen molar-refractivity contribution in [3.8, 4) is 5.82 Å². The minimum Gasteiger partial charge on any atom is -0.385 e. The SMILES string of the molecule is CNc1cc2sc(N3CCOCC3)nc2nc1N1CCCCC1.NCc1cn(-c2cccc(C=O)n2)cn1. The second-order valence-electron chi connectivity index (χ2n) is 9.09. The molecule has 4 aromatic heterocycles. The lowest BCUT2D eigenvalue weighted by molar-refractivity contribution is 0.111. The minimum absolute atomic E-state index is 0.389. The molecule has 0 aliphatic carbocycles. The van der Waals surface area contributed by atoms with Gasteiger partial charge in [0.25, 0.3) is 0 Å². The molecule has 0 bridgehead atoms. The van der Waals surface area contributed by atoms with E-state index in [1.807, 2.05) is 7.05 Å². The molecule has 0 spiro atoms. The third-order valence-electron chi connectivity index (χ3n) is 6.54. The quantitative estimate of drug-likeness (QED) is 0.356. The van der Waals surface area contributed by atoms with Gasteiger partial charge in [-0.2, -0.15) is 4.98 Å². The number of nitrogens with zero attached hydrogens (tertiary/aromatic N) is 7. The summed E-state index contributed by atoms with van der Waals surface area (Å²) in [7, 11) is 1.97. The van der Waals surface area contributed by atoms with Crippen LogP contribution < -0.4 is 20.9 Å². The van der Waals surface area contributed by atoms with Crippen molar-refractivity contribution in [1.82, 2.24) is 24.5 Å². The van der Waals surface area contributed by atoms with Crippen molar-refractivity contribution < 1.29 is 9.53 Å². The molecule has 200 valence electrons. The normalized spacial score (nSPS) is 15.7. The third-order valence-corrected chi connectivity index (χ3v) is 7.60. The Balaban J connectivity index is 0.000000170. The van der Waals surface area contributed by atoms with E-state index in [9.17, 15) is 4.79 Å². The molecule has 6 rings (SSSR count). The van der Waals surface area contributed by atoms with Crippen LogP contribution in [0.5, 0.6) is 0 Å². The van der Waals surface area contributed by atoms with Crippen LogP contribution in [0.25, 0.3) is 16.2 Å². The summed E-state index contributed by atoms with van der Waals surface area (Å²) in [6.07, 6.45) is 7.95. The summed E-state index contributed by atoms with van der Waals surface area (Å²) in [6.45, 7) is 5.96. The number of ether oxygens (including phenoxy) is 1. The van der Waals surface area contributed by atoms with Gasteiger partial charge >= 0.3 is 0 Å². The van der Waals surface area contributed by atoms with E-state index in [0.717, 1.165) is 72.1 Å². The number of imidazole rings is 1. The van der Waals surface area contributed by atoms with E-state index in [-0.39, 0.29) is 0 Å². The molecule has 0 atom stereocenters. The number of hydrogen-bond acceptors (Lipinski definition) is 11. The average Bonchev–Trinajstić information content (AvgIpc) is 3.65. The largest absolute Gasteiger partial charge is 0.385 e. The molecule has 4 aromatic rings. The van der Waals surface area contributed by atoms with Gasteiger partial charge in [0.05, 0.1) is 29.3 Å². The lowest BCUT2D eigenvalue weighted by atomic mass is 10.1. The van der Waals surface area contributed by atoms with Crippen LogP contribution in [0.15, 0.2) is 36.8 Å². The van der Waals surface area contributed by atoms with E-state index in [1.54, 1.807) is 46.6 Å². The zero-order chi connectivity index (χ0) is 26.3. The smallest absolute Gasteiger partial charge is 0.188 e. The van der Waals surface area contributed by atoms with Crippen LogP contribution in [0.3, 0.4) is 0 Å². The second-order valence-corrected chi connectivity index (χ2v) is 10.1. The number of fused-ring (bicyclic) bond motifs is 1. The first-order chi connectivity index (χ1) is 18.7. The van der Waals surface area contributed by atoms with E-state index in [4.69, 9.17) is 20.4 Å². The van der Waals surface area contributed by atoms with Gasteiger partial charge in [0.15, 0.2) is 22.9 Å². The molecule has 3 N–H and O–H groups in total. The Kier molecular flexibility index (Phi) is 8.41. The Bertz CT molecular complexity index is 1360. The monoisotopic (exact) mass is 535 g/mol. The van der Waals surface area contributed by atoms with Gasteiger partial charge in [-0.1, -0.05) is 17.4 Å². The topological polar surface area (TPSA) is 127 Å². The van der Waals surface area contributed by atoms with Gasteiger partial charge in [-0.25, -0.2) is 15.0 Å². The van der Waals surface area contributed by atoms with Gasteiger partial charge in [0.2, 0.25) is 0 Å². The first-order valence-corrected chi connectivity index (χ1v) is 13.7. The van der Waals surface area contributed by atoms with Crippen molar-refractivity contribution in [2.75, 3.05) is 61.6 Å². The van der Waals surface area contributed by atoms with Crippen LogP contribution in [-0.2, 0) is 11.3 Å². The Morgan fingerprint density at radius 1 is 1.08 bits per heavy atom. The molecule has 0 unspecified atom stereocenters. The maximum Gasteiger partial charge on any atom is 0.188 e. The molecule has 2 aliphatic heterocycles. The predicted molar refractivity (Wildman–Crippen MR) is 151 cm³/mol. The summed E-state index contributed by atoms with van der Waals surface area (Å²) < 4.78 is 8.31. The second kappa shape index (κ2) is 12.3. The number of piperidine rings is 1. The summed E-state index contributed by atoms with van der Waals surface area (Å²) >= 11 is 1.73. The summed E-state index contributed by atoms with van der Waals surface area (Å²) in [5.41, 5.74) is 8.61. The molecule has 0 amide bonds. The highest BCUT2D eigenvalue weighted by Crippen LogP contribution is 2.35. The van der Waals surface area contributed by atoms with Gasteiger partial charge in [0, 0.05) is 46.0 Å². The summed E-state index contributed by atoms with van der Waals surface area (Å²) in [6, 6.07) is 7.42. The minimum atomic E-state index is 0.389. The number of thiazole rings is 1. The number of anilines is 3. The fraction of sp³-hybridized carbons (Fsp3) is 0.423. The average molecular weight is 536 g/mol. The molecular formula is C26H33N9O2S. The van der Waals surface area contributed by atoms with Crippen molar-refractivity contribution in [1.29, 1.82) is 0 Å². The fourth-order valence-corrected chi connectivity index (χ4v) is 5.51. The van der Waals surface area contributed by atoms with Gasteiger partial charge in [0.1, 0.15) is 17.8 Å². The van der Waals surface area contributed by atoms with E-state index < -0.39 is 0 Å². The van der Waals surface area contributed by atoms with Crippen LogP contribution in [0.2, 0.25) is 0 Å². The standard InChI is InChI=1S/C16H23N5OS.C10H10N4O/c1-17-12-11-13-14(18-15(12)20-5-3-2-4-6-20)19-16(23-13)21-7-9-22-10-8-21;11-4-9-5-14(7-12-9)10-3-1-2-8(6-15)13-10/h11,17H,2-10H2,1H3;1-3,5-7H,4,11H2. The number of pyridine rings is 2. The number of aldehydes is 1. The Morgan fingerprint density at radius 2 is 1.89 bits per heavy atom. The number of aromatic nitrogens is 5. The van der Waals surface area contributed by atoms with E-state index in [2.05, 4.69) is 31.2 Å². The fourth-order valence-electron chi connectivity index (χ4n) is 4.51. The number of carbonyl (C=O) groups excluding carboxylic acids is 1. The maximum absolute atomic E-state index is 10.5. The van der Waals surface area contributed by atoms with Crippen LogP contribution in [0, 0.1) is 0 Å². The lowest BCUT2D eigenvalue weighted by Gasteiger charge is -2.29. The number of carbonyl (C=O) groups is 1. The van der Waals surface area contributed by atoms with Crippen molar-refractivity contribution in [2.24, 2.45) is 5.73 Å². The van der Waals surface area contributed by atoms with E-state index >= 15 is 0 Å². The number of nitrogens with one attached hydrogen (secondary N) is 1. The molecule has 2 fully saturated rings. The van der Waals surface area contributed by atoms with E-state index in [0.29, 0.717) is 24.3 Å². The highest BCUT2D eigenvalue weighted by atomic mass is 32.1. The van der Waals surface area contributed by atoms with Gasteiger partial charge in [-0.05, 0) is 37.5 Å². The zero-order valence-electron chi connectivity index (χ0n) is 21.5. The summed E-state index contributed by atoms with van der Waals surface area (Å²) in [4.78, 5) is 33.1. The Hall–Kier alpha value is -3.61. The molecule has 38 heavy (non-hydrogen) atoms.